The summed E-state index contributed by atoms with van der Waals surface area (Å²) in [5.41, 5.74) is 0. The molecule has 0 aliphatic carbocycles. The average molecular weight is 369 g/mol. The van der Waals surface area contributed by atoms with E-state index in [0.29, 0.717) is 6.23 Å². The fourth-order valence-corrected chi connectivity index (χ4v) is 14.4. The molecule has 0 aromatic carbocycles. The van der Waals surface area contributed by atoms with Gasteiger partial charge in [0.15, 0.2) is 16.6 Å². The SMILES string of the molecule is CCC[Si](COCC(O)COC)(O[Si](C)(C)C)O[Si](C)(C)C. The van der Waals surface area contributed by atoms with Crippen LogP contribution < -0.4 is 0 Å². The van der Waals surface area contributed by atoms with Crippen LogP contribution in [-0.2, 0) is 17.7 Å². The van der Waals surface area contributed by atoms with E-state index in [1.165, 1.54) is 0 Å². The normalized spacial score (nSPS) is 15.1. The minimum absolute atomic E-state index is 0.260. The van der Waals surface area contributed by atoms with Crippen molar-refractivity contribution in [1.82, 2.24) is 0 Å². The highest BCUT2D eigenvalue weighted by atomic mass is 28.5. The second kappa shape index (κ2) is 9.68. The molecule has 0 heterocycles. The molecule has 0 fully saturated rings. The van der Waals surface area contributed by atoms with Crippen LogP contribution in [0.15, 0.2) is 0 Å². The first-order valence-corrected chi connectivity index (χ1v) is 17.1. The number of rotatable bonds is 12. The number of aliphatic hydroxyl groups excluding tert-OH is 1. The summed E-state index contributed by atoms with van der Waals surface area (Å²) < 4.78 is 23.8. The Morgan fingerprint density at radius 1 is 0.909 bits per heavy atom. The molecule has 0 aromatic rings. The van der Waals surface area contributed by atoms with Crippen molar-refractivity contribution in [3.05, 3.63) is 0 Å². The first-order chi connectivity index (χ1) is 9.93. The van der Waals surface area contributed by atoms with Crippen LogP contribution in [-0.4, -0.2) is 63.0 Å². The Kier molecular flexibility index (Phi) is 9.87. The Labute approximate surface area is 139 Å². The maximum atomic E-state index is 9.74. The minimum atomic E-state index is -2.41. The van der Waals surface area contributed by atoms with Crippen LogP contribution in [0, 0.1) is 0 Å². The first kappa shape index (κ1) is 22.5. The number of hydrogen-bond acceptors (Lipinski definition) is 5. The van der Waals surface area contributed by atoms with E-state index in [2.05, 4.69) is 46.2 Å². The van der Waals surface area contributed by atoms with Crippen molar-refractivity contribution < 1.29 is 22.8 Å². The van der Waals surface area contributed by atoms with Crippen molar-refractivity contribution in [1.29, 1.82) is 0 Å². The second-order valence-corrected chi connectivity index (χ2v) is 20.4. The zero-order chi connectivity index (χ0) is 17.4. The van der Waals surface area contributed by atoms with Gasteiger partial charge in [-0.2, -0.15) is 0 Å². The van der Waals surface area contributed by atoms with Gasteiger partial charge in [0.1, 0.15) is 6.10 Å². The van der Waals surface area contributed by atoms with Crippen molar-refractivity contribution in [2.45, 2.75) is 64.8 Å². The van der Waals surface area contributed by atoms with Crippen LogP contribution in [0.2, 0.25) is 45.3 Å². The highest BCUT2D eigenvalue weighted by molar-refractivity contribution is 6.88. The molecule has 0 amide bonds. The molecule has 0 saturated heterocycles. The second-order valence-electron chi connectivity index (χ2n) is 7.71. The van der Waals surface area contributed by atoms with Gasteiger partial charge in [-0.25, -0.2) is 0 Å². The minimum Gasteiger partial charge on any atom is -0.435 e. The monoisotopic (exact) mass is 368 g/mol. The summed E-state index contributed by atoms with van der Waals surface area (Å²) in [6.45, 7) is 15.9. The van der Waals surface area contributed by atoms with E-state index >= 15 is 0 Å². The fraction of sp³-hybridized carbons (Fsp3) is 1.00. The van der Waals surface area contributed by atoms with Gasteiger partial charge >= 0.3 is 8.56 Å². The van der Waals surface area contributed by atoms with Crippen LogP contribution in [0.4, 0.5) is 0 Å². The maximum Gasteiger partial charge on any atom is 0.344 e. The van der Waals surface area contributed by atoms with Crippen molar-refractivity contribution >= 4 is 25.2 Å². The fourth-order valence-electron chi connectivity index (χ4n) is 2.34. The highest BCUT2D eigenvalue weighted by Crippen LogP contribution is 2.26. The van der Waals surface area contributed by atoms with Crippen molar-refractivity contribution in [2.24, 2.45) is 0 Å². The van der Waals surface area contributed by atoms with Crippen LogP contribution in [0.1, 0.15) is 13.3 Å². The maximum absolute atomic E-state index is 9.74. The number of methoxy groups -OCH3 is 1. The lowest BCUT2D eigenvalue weighted by atomic mass is 10.4. The zero-order valence-corrected chi connectivity index (χ0v) is 18.7. The summed E-state index contributed by atoms with van der Waals surface area (Å²) in [5, 5.41) is 9.74. The molecule has 0 aliphatic rings. The Bertz CT molecular complexity index is 286. The first-order valence-electron chi connectivity index (χ1n) is 8.08. The van der Waals surface area contributed by atoms with Crippen molar-refractivity contribution in [3.8, 4) is 0 Å². The van der Waals surface area contributed by atoms with Gasteiger partial charge in [0, 0.05) is 7.11 Å². The summed E-state index contributed by atoms with van der Waals surface area (Å²) in [4.78, 5) is 0. The highest BCUT2D eigenvalue weighted by Gasteiger charge is 2.44. The average Bonchev–Trinajstić information content (AvgIpc) is 2.24. The molecule has 0 aliphatic heterocycles. The van der Waals surface area contributed by atoms with Crippen LogP contribution >= 0.6 is 0 Å². The van der Waals surface area contributed by atoms with Crippen molar-refractivity contribution in [2.75, 3.05) is 26.6 Å². The van der Waals surface area contributed by atoms with Gasteiger partial charge in [0.05, 0.1) is 19.4 Å². The molecule has 0 spiro atoms. The molecule has 1 N–H and O–H groups in total. The summed E-state index contributed by atoms with van der Waals surface area (Å²) in [6.07, 6.45) is 0.901. The molecule has 1 unspecified atom stereocenters. The Morgan fingerprint density at radius 2 is 1.41 bits per heavy atom. The molecule has 0 saturated carbocycles. The molecule has 0 rings (SSSR count). The molecule has 22 heavy (non-hydrogen) atoms. The van der Waals surface area contributed by atoms with Crippen LogP contribution in [0.3, 0.4) is 0 Å². The third-order valence-corrected chi connectivity index (χ3v) is 12.4. The van der Waals surface area contributed by atoms with Gasteiger partial charge in [-0.05, 0) is 45.3 Å². The van der Waals surface area contributed by atoms with Gasteiger partial charge in [0.2, 0.25) is 0 Å². The van der Waals surface area contributed by atoms with E-state index in [9.17, 15) is 5.11 Å². The Balaban J connectivity index is 4.94. The quantitative estimate of drug-likeness (QED) is 0.536. The van der Waals surface area contributed by atoms with E-state index in [1.54, 1.807) is 7.11 Å². The molecule has 0 bridgehead atoms. The predicted molar refractivity (Wildman–Crippen MR) is 98.4 cm³/mol. The standard InChI is InChI=1S/C14H36O5Si3/c1-9-10-22(18-20(3,4)5,19-21(6,7)8)13-17-12-14(15)11-16-2/h14-15H,9-13H2,1-8H3. The van der Waals surface area contributed by atoms with E-state index in [-0.39, 0.29) is 13.2 Å². The molecule has 134 valence electrons. The molecular weight excluding hydrogens is 332 g/mol. The third-order valence-electron chi connectivity index (χ3n) is 2.61. The largest absolute Gasteiger partial charge is 0.435 e. The smallest absolute Gasteiger partial charge is 0.344 e. The topological polar surface area (TPSA) is 57.2 Å². The van der Waals surface area contributed by atoms with E-state index in [0.717, 1.165) is 12.5 Å². The lowest BCUT2D eigenvalue weighted by Gasteiger charge is -2.40. The lowest BCUT2D eigenvalue weighted by molar-refractivity contribution is -0.0000111. The van der Waals surface area contributed by atoms with E-state index < -0.39 is 31.3 Å². The molecule has 8 heteroatoms. The van der Waals surface area contributed by atoms with Gasteiger partial charge in [-0.3, -0.25) is 0 Å². The van der Waals surface area contributed by atoms with Crippen LogP contribution in [0.25, 0.3) is 0 Å². The van der Waals surface area contributed by atoms with E-state index in [4.69, 9.17) is 17.7 Å². The summed E-state index contributed by atoms with van der Waals surface area (Å²) in [7, 11) is -4.30. The molecule has 1 atom stereocenters. The summed E-state index contributed by atoms with van der Waals surface area (Å²) >= 11 is 0. The third kappa shape index (κ3) is 11.1. The zero-order valence-electron chi connectivity index (χ0n) is 15.7. The Hall–Kier alpha value is 0.451. The molecule has 5 nitrogen and oxygen atoms in total. The van der Waals surface area contributed by atoms with Gasteiger partial charge in [-0.1, -0.05) is 13.3 Å². The van der Waals surface area contributed by atoms with Crippen molar-refractivity contribution in [3.63, 3.8) is 0 Å². The molecule has 0 aromatic heterocycles. The molecule has 0 radical (unpaired) electrons. The summed E-state index contributed by atoms with van der Waals surface area (Å²) in [5.74, 6) is 0. The lowest BCUT2D eigenvalue weighted by Crippen LogP contribution is -2.58. The Morgan fingerprint density at radius 3 is 1.77 bits per heavy atom. The number of ether oxygens (including phenoxy) is 2. The van der Waals surface area contributed by atoms with Gasteiger partial charge < -0.3 is 22.8 Å². The molecular formula is C14H36O5Si3. The summed E-state index contributed by atoms with van der Waals surface area (Å²) in [6, 6.07) is 0.932. The number of hydrogen-bond donors (Lipinski definition) is 1. The predicted octanol–water partition coefficient (Wildman–Crippen LogP) is 3.10. The van der Waals surface area contributed by atoms with Gasteiger partial charge in [0.25, 0.3) is 0 Å². The van der Waals surface area contributed by atoms with E-state index in [1.807, 2.05) is 0 Å². The number of aliphatic hydroxyl groups is 1. The van der Waals surface area contributed by atoms with Gasteiger partial charge in [-0.15, -0.1) is 0 Å². The van der Waals surface area contributed by atoms with Crippen LogP contribution in [0.5, 0.6) is 0 Å².